The van der Waals surface area contributed by atoms with Gasteiger partial charge < -0.3 is 5.11 Å². The van der Waals surface area contributed by atoms with Crippen molar-refractivity contribution in [1.29, 1.82) is 0 Å². The monoisotopic (exact) mass is 478 g/mol. The second-order valence-corrected chi connectivity index (χ2v) is 8.44. The maximum absolute atomic E-state index is 13.8. The van der Waals surface area contributed by atoms with Crippen LogP contribution in [0.2, 0.25) is 0 Å². The highest BCUT2D eigenvalue weighted by atomic mass is 16.4. The van der Waals surface area contributed by atoms with Gasteiger partial charge in [-0.2, -0.15) is 20.2 Å². The molecule has 0 aliphatic carbocycles. The van der Waals surface area contributed by atoms with Crippen LogP contribution in [0.3, 0.4) is 0 Å². The third-order valence-corrected chi connectivity index (χ3v) is 6.16. The van der Waals surface area contributed by atoms with E-state index in [2.05, 4.69) is 10.2 Å². The normalized spacial score (nSPS) is 18.9. The van der Waals surface area contributed by atoms with Gasteiger partial charge in [0.2, 0.25) is 0 Å². The molecule has 2 aliphatic rings. The highest BCUT2D eigenvalue weighted by Gasteiger charge is 2.43. The summed E-state index contributed by atoms with van der Waals surface area (Å²) in [4.78, 5) is 39.8. The molecule has 0 bridgehead atoms. The fourth-order valence-corrected chi connectivity index (χ4v) is 4.55. The van der Waals surface area contributed by atoms with E-state index in [4.69, 9.17) is 0 Å². The van der Waals surface area contributed by atoms with E-state index in [1.165, 1.54) is 16.1 Å². The summed E-state index contributed by atoms with van der Waals surface area (Å²) >= 11 is 0. The summed E-state index contributed by atoms with van der Waals surface area (Å²) in [6.07, 6.45) is 0. The maximum atomic E-state index is 13.8. The predicted molar refractivity (Wildman–Crippen MR) is 138 cm³/mol. The van der Waals surface area contributed by atoms with Crippen molar-refractivity contribution < 1.29 is 19.5 Å². The molecule has 1 unspecified atom stereocenters. The Bertz CT molecular complexity index is 1480. The van der Waals surface area contributed by atoms with E-state index in [0.29, 0.717) is 22.8 Å². The van der Waals surface area contributed by atoms with Crippen LogP contribution in [0.1, 0.15) is 29.8 Å². The minimum absolute atomic E-state index is 0.0162. The Morgan fingerprint density at radius 1 is 0.750 bits per heavy atom. The first-order chi connectivity index (χ1) is 17.4. The van der Waals surface area contributed by atoms with Gasteiger partial charge in [0.25, 0.3) is 11.8 Å². The van der Waals surface area contributed by atoms with Gasteiger partial charge in [-0.25, -0.2) is 4.79 Å². The third-order valence-electron chi connectivity index (χ3n) is 6.16. The fourth-order valence-electron chi connectivity index (χ4n) is 4.55. The van der Waals surface area contributed by atoms with Gasteiger partial charge in [0.15, 0.2) is 0 Å². The maximum Gasteiger partial charge on any atom is 0.336 e. The predicted octanol–water partition coefficient (Wildman–Crippen LogP) is 4.60. The van der Waals surface area contributed by atoms with Crippen molar-refractivity contribution >= 4 is 46.2 Å². The summed E-state index contributed by atoms with van der Waals surface area (Å²) < 4.78 is 0. The Balaban J connectivity index is 1.72. The fraction of sp³-hybridized carbons (Fsp3) is 0.107. The van der Waals surface area contributed by atoms with Gasteiger partial charge in [-0.15, -0.1) is 0 Å². The molecule has 3 aromatic carbocycles. The summed E-state index contributed by atoms with van der Waals surface area (Å²) in [6, 6.07) is 24.3. The van der Waals surface area contributed by atoms with Crippen LogP contribution in [-0.4, -0.2) is 34.3 Å². The molecule has 8 heteroatoms. The number of carboxylic acids is 1. The minimum atomic E-state index is -1.16. The van der Waals surface area contributed by atoms with Crippen LogP contribution in [0.5, 0.6) is 0 Å². The highest BCUT2D eigenvalue weighted by Crippen LogP contribution is 2.39. The van der Waals surface area contributed by atoms with E-state index >= 15 is 0 Å². The standard InChI is InChI=1S/C28H22N4O4/c1-17-23(26(33)31(29-17)19-11-5-3-6-12-19)25(21-15-9-10-16-22(21)28(35)36)24-18(2)30-32(27(24)34)20-13-7-4-8-14-20/h3-16,23H,1-2H3,(H,35,36). The van der Waals surface area contributed by atoms with Gasteiger partial charge in [0.1, 0.15) is 5.92 Å². The van der Waals surface area contributed by atoms with Gasteiger partial charge in [0, 0.05) is 0 Å². The van der Waals surface area contributed by atoms with Crippen molar-refractivity contribution in [2.24, 2.45) is 16.1 Å². The van der Waals surface area contributed by atoms with E-state index in [1.807, 2.05) is 12.1 Å². The molecule has 0 saturated heterocycles. The van der Waals surface area contributed by atoms with Crippen LogP contribution in [0.25, 0.3) is 5.57 Å². The number of rotatable bonds is 5. The molecule has 0 spiro atoms. The van der Waals surface area contributed by atoms with Crippen LogP contribution >= 0.6 is 0 Å². The first-order valence-corrected chi connectivity index (χ1v) is 11.3. The van der Waals surface area contributed by atoms with Crippen LogP contribution < -0.4 is 10.0 Å². The van der Waals surface area contributed by atoms with Crippen molar-refractivity contribution in [2.75, 3.05) is 10.0 Å². The molecule has 1 atom stereocenters. The van der Waals surface area contributed by atoms with E-state index in [-0.39, 0.29) is 28.2 Å². The van der Waals surface area contributed by atoms with Gasteiger partial charge in [-0.3, -0.25) is 9.59 Å². The largest absolute Gasteiger partial charge is 0.478 e. The van der Waals surface area contributed by atoms with Crippen LogP contribution in [-0.2, 0) is 9.59 Å². The van der Waals surface area contributed by atoms with Gasteiger partial charge in [-0.05, 0) is 55.3 Å². The van der Waals surface area contributed by atoms with Gasteiger partial charge in [0.05, 0.1) is 33.9 Å². The van der Waals surface area contributed by atoms with Crippen molar-refractivity contribution in [3.05, 3.63) is 102 Å². The molecule has 0 radical (unpaired) electrons. The Hall–Kier alpha value is -4.85. The van der Waals surface area contributed by atoms with Crippen molar-refractivity contribution in [3.8, 4) is 0 Å². The molecule has 2 aliphatic heterocycles. The number of hydrogen-bond acceptors (Lipinski definition) is 5. The Morgan fingerprint density at radius 2 is 1.28 bits per heavy atom. The summed E-state index contributed by atoms with van der Waals surface area (Å²) in [5.41, 5.74) is 2.71. The molecule has 5 rings (SSSR count). The van der Waals surface area contributed by atoms with Crippen LogP contribution in [0.4, 0.5) is 11.4 Å². The number of benzene rings is 3. The smallest absolute Gasteiger partial charge is 0.336 e. The van der Waals surface area contributed by atoms with E-state index < -0.39 is 17.8 Å². The summed E-state index contributed by atoms with van der Waals surface area (Å²) in [6.45, 7) is 3.39. The van der Waals surface area contributed by atoms with E-state index in [1.54, 1.807) is 80.6 Å². The lowest BCUT2D eigenvalue weighted by molar-refractivity contribution is -0.118. The number of hydrazone groups is 2. The second kappa shape index (κ2) is 9.07. The molecular formula is C28H22N4O4. The topological polar surface area (TPSA) is 103 Å². The number of carbonyl (C=O) groups excluding carboxylic acids is 2. The SMILES string of the molecule is CC1=NN(c2ccccc2)C(=O)C1=C(c1ccccc1C(=O)O)C1C(=O)N(c2ccccc2)N=C1C. The number of hydrogen-bond donors (Lipinski definition) is 1. The number of carbonyl (C=O) groups is 3. The molecule has 8 nitrogen and oxygen atoms in total. The molecule has 1 N–H and O–H groups in total. The molecule has 0 aromatic heterocycles. The summed E-state index contributed by atoms with van der Waals surface area (Å²) in [7, 11) is 0. The molecular weight excluding hydrogens is 456 g/mol. The van der Waals surface area contributed by atoms with Crippen LogP contribution in [0, 0.1) is 5.92 Å². The van der Waals surface area contributed by atoms with Crippen molar-refractivity contribution in [1.82, 2.24) is 0 Å². The van der Waals surface area contributed by atoms with Gasteiger partial charge >= 0.3 is 5.97 Å². The number of carboxylic acid groups (broad SMARTS) is 1. The average molecular weight is 479 g/mol. The van der Waals surface area contributed by atoms with Gasteiger partial charge in [-0.1, -0.05) is 54.6 Å². The Labute approximate surface area is 207 Å². The molecule has 178 valence electrons. The highest BCUT2D eigenvalue weighted by molar-refractivity contribution is 6.37. The first kappa shape index (κ1) is 22.9. The lowest BCUT2D eigenvalue weighted by atomic mass is 9.82. The molecule has 0 fully saturated rings. The zero-order chi connectivity index (χ0) is 25.4. The molecule has 2 heterocycles. The molecule has 0 saturated carbocycles. The lowest BCUT2D eigenvalue weighted by Gasteiger charge is -2.21. The zero-order valence-corrected chi connectivity index (χ0v) is 19.6. The number of nitrogens with zero attached hydrogens (tertiary/aromatic N) is 4. The number of amides is 2. The van der Waals surface area contributed by atoms with E-state index in [0.717, 1.165) is 0 Å². The summed E-state index contributed by atoms with van der Waals surface area (Å²) in [5.74, 6) is -2.94. The van der Waals surface area contributed by atoms with Crippen molar-refractivity contribution in [2.45, 2.75) is 13.8 Å². The summed E-state index contributed by atoms with van der Waals surface area (Å²) in [5, 5.41) is 21.5. The Morgan fingerprint density at radius 3 is 1.86 bits per heavy atom. The second-order valence-electron chi connectivity index (χ2n) is 8.44. The lowest BCUT2D eigenvalue weighted by Crippen LogP contribution is -2.31. The number of anilines is 2. The third kappa shape index (κ3) is 3.78. The average Bonchev–Trinajstić information content (AvgIpc) is 3.36. The minimum Gasteiger partial charge on any atom is -0.478 e. The molecule has 36 heavy (non-hydrogen) atoms. The number of aromatic carboxylic acids is 1. The Kier molecular flexibility index (Phi) is 5.77. The van der Waals surface area contributed by atoms with Crippen molar-refractivity contribution in [3.63, 3.8) is 0 Å². The molecule has 2 amide bonds. The number of para-hydroxylation sites is 2. The van der Waals surface area contributed by atoms with E-state index in [9.17, 15) is 19.5 Å². The quantitative estimate of drug-likeness (QED) is 0.542. The van der Waals surface area contributed by atoms with Crippen LogP contribution in [0.15, 0.2) is 101 Å². The zero-order valence-electron chi connectivity index (χ0n) is 19.6. The first-order valence-electron chi connectivity index (χ1n) is 11.3. The molecule has 3 aromatic rings.